The molecule has 0 fully saturated rings. The molecule has 0 aliphatic heterocycles. The lowest BCUT2D eigenvalue weighted by atomic mass is 9.88. The fraction of sp³-hybridized carbons (Fsp3) is 0.500. The van der Waals surface area contributed by atoms with Crippen LogP contribution in [0.4, 0.5) is 10.5 Å². The van der Waals surface area contributed by atoms with Gasteiger partial charge in [-0.1, -0.05) is 50.2 Å². The number of nitrogens with one attached hydrogen (secondary N) is 1. The summed E-state index contributed by atoms with van der Waals surface area (Å²) in [5.74, 6) is 0. The van der Waals surface area contributed by atoms with Crippen molar-refractivity contribution in [3.63, 3.8) is 0 Å². The van der Waals surface area contributed by atoms with E-state index in [-0.39, 0.29) is 30.0 Å². The fourth-order valence-electron chi connectivity index (χ4n) is 4.05. The molecule has 0 heterocycles. The SMILES string of the molecule is CC(C)(CCC#N)CN(CC(O)C(Cc1ccccc1)NC(=O)OC(C)(C)C)S(=O)(=O)c1cccc([N+](=O)[O-])c1. The predicted molar refractivity (Wildman–Crippen MR) is 150 cm³/mol. The molecule has 2 atom stereocenters. The first-order chi connectivity index (χ1) is 18.5. The Morgan fingerprint density at radius 3 is 2.38 bits per heavy atom. The molecule has 0 bridgehead atoms. The Hall–Kier alpha value is -3.53. The van der Waals surface area contributed by atoms with E-state index in [2.05, 4.69) is 11.4 Å². The average molecular weight is 575 g/mol. The highest BCUT2D eigenvalue weighted by Gasteiger charge is 2.35. The van der Waals surface area contributed by atoms with Crippen molar-refractivity contribution in [2.45, 2.75) is 76.5 Å². The standard InChI is InChI=1S/C28H38N4O7S/c1-27(2,3)39-26(34)30-24(17-21-11-7-6-8-12-21)25(33)19-31(20-28(4,5)15-10-16-29)40(37,38)23-14-9-13-22(18-23)32(35)36/h6-9,11-14,18,24-25,33H,10,15,17,19-20H2,1-5H3,(H,30,34). The first-order valence-corrected chi connectivity index (χ1v) is 14.3. The van der Waals surface area contributed by atoms with Crippen LogP contribution in [0.3, 0.4) is 0 Å². The predicted octanol–water partition coefficient (Wildman–Crippen LogP) is 4.41. The van der Waals surface area contributed by atoms with Crippen molar-refractivity contribution in [2.24, 2.45) is 5.41 Å². The molecule has 0 spiro atoms. The van der Waals surface area contributed by atoms with Gasteiger partial charge in [0.1, 0.15) is 5.60 Å². The van der Waals surface area contributed by atoms with Gasteiger partial charge in [-0.2, -0.15) is 9.57 Å². The van der Waals surface area contributed by atoms with E-state index >= 15 is 0 Å². The number of nitrogens with zero attached hydrogens (tertiary/aromatic N) is 3. The molecule has 2 N–H and O–H groups in total. The Balaban J connectivity index is 2.46. The number of alkyl carbamates (subject to hydrolysis) is 1. The number of amides is 1. The Morgan fingerprint density at radius 1 is 1.15 bits per heavy atom. The second-order valence-electron chi connectivity index (χ2n) is 11.4. The molecule has 2 unspecified atom stereocenters. The van der Waals surface area contributed by atoms with E-state index in [4.69, 9.17) is 10.00 Å². The van der Waals surface area contributed by atoms with Crippen LogP contribution in [0.25, 0.3) is 0 Å². The van der Waals surface area contributed by atoms with E-state index < -0.39 is 50.7 Å². The Labute approximate surface area is 236 Å². The second kappa shape index (κ2) is 13.7. The minimum absolute atomic E-state index is 0.0821. The van der Waals surface area contributed by atoms with E-state index in [0.717, 1.165) is 15.9 Å². The van der Waals surface area contributed by atoms with Gasteiger partial charge in [-0.15, -0.1) is 0 Å². The zero-order valence-electron chi connectivity index (χ0n) is 23.5. The van der Waals surface area contributed by atoms with Crippen LogP contribution in [0.5, 0.6) is 0 Å². The van der Waals surface area contributed by atoms with Gasteiger partial charge >= 0.3 is 6.09 Å². The summed E-state index contributed by atoms with van der Waals surface area (Å²) in [4.78, 5) is 23.0. The van der Waals surface area contributed by atoms with Crippen LogP contribution in [-0.2, 0) is 21.2 Å². The number of hydrogen-bond donors (Lipinski definition) is 2. The largest absolute Gasteiger partial charge is 0.444 e. The Bertz CT molecular complexity index is 1300. The maximum Gasteiger partial charge on any atom is 0.407 e. The van der Waals surface area contributed by atoms with Crippen molar-refractivity contribution in [1.82, 2.24) is 9.62 Å². The molecule has 40 heavy (non-hydrogen) atoms. The third-order valence-electron chi connectivity index (χ3n) is 6.04. The summed E-state index contributed by atoms with van der Waals surface area (Å²) in [7, 11) is -4.33. The lowest BCUT2D eigenvalue weighted by molar-refractivity contribution is -0.385. The Kier molecular flexibility index (Phi) is 11.2. The molecular weight excluding hydrogens is 536 g/mol. The number of carbonyl (C=O) groups excluding carboxylic acids is 1. The molecule has 2 aromatic carbocycles. The van der Waals surface area contributed by atoms with Crippen molar-refractivity contribution in [3.8, 4) is 6.07 Å². The van der Waals surface area contributed by atoms with Gasteiger partial charge in [0.25, 0.3) is 5.69 Å². The van der Waals surface area contributed by atoms with Crippen molar-refractivity contribution < 1.29 is 28.0 Å². The van der Waals surface area contributed by atoms with Crippen LogP contribution < -0.4 is 5.32 Å². The zero-order valence-corrected chi connectivity index (χ0v) is 24.3. The summed E-state index contributed by atoms with van der Waals surface area (Å²) in [6.07, 6.45) is -1.40. The van der Waals surface area contributed by atoms with Crippen LogP contribution in [-0.4, -0.2) is 59.7 Å². The number of carbonyl (C=O) groups is 1. The topological polar surface area (TPSA) is 163 Å². The summed E-state index contributed by atoms with van der Waals surface area (Å²) in [5.41, 5.74) is -1.06. The van der Waals surface area contributed by atoms with Crippen molar-refractivity contribution in [2.75, 3.05) is 13.1 Å². The smallest absolute Gasteiger partial charge is 0.407 e. The van der Waals surface area contributed by atoms with Gasteiger partial charge in [-0.3, -0.25) is 10.1 Å². The molecule has 2 aromatic rings. The average Bonchev–Trinajstić information content (AvgIpc) is 2.86. The summed E-state index contributed by atoms with van der Waals surface area (Å²) >= 11 is 0. The first kappa shape index (κ1) is 32.7. The highest BCUT2D eigenvalue weighted by Crippen LogP contribution is 2.29. The van der Waals surface area contributed by atoms with E-state index in [9.17, 15) is 28.4 Å². The molecular formula is C28H38N4O7S. The lowest BCUT2D eigenvalue weighted by Crippen LogP contribution is -2.52. The number of aliphatic hydroxyl groups excluding tert-OH is 1. The number of hydrogen-bond acceptors (Lipinski definition) is 8. The van der Waals surface area contributed by atoms with E-state index in [1.54, 1.807) is 34.6 Å². The maximum atomic E-state index is 13.8. The third kappa shape index (κ3) is 10.2. The quantitative estimate of drug-likeness (QED) is 0.262. The number of nitro groups is 1. The molecule has 0 aromatic heterocycles. The van der Waals surface area contributed by atoms with Crippen molar-refractivity contribution in [1.29, 1.82) is 5.26 Å². The Morgan fingerprint density at radius 2 is 1.80 bits per heavy atom. The fourth-order valence-corrected chi connectivity index (χ4v) is 5.74. The minimum atomic E-state index is -4.33. The van der Waals surface area contributed by atoms with Crippen LogP contribution in [0.1, 0.15) is 53.0 Å². The lowest BCUT2D eigenvalue weighted by Gasteiger charge is -2.35. The molecule has 1 amide bonds. The summed E-state index contributed by atoms with van der Waals surface area (Å²) in [6, 6.07) is 14.9. The van der Waals surface area contributed by atoms with Gasteiger partial charge in [0, 0.05) is 31.6 Å². The van der Waals surface area contributed by atoms with Crippen LogP contribution >= 0.6 is 0 Å². The number of rotatable bonds is 13. The van der Waals surface area contributed by atoms with Crippen molar-refractivity contribution >= 4 is 21.8 Å². The van der Waals surface area contributed by atoms with Gasteiger partial charge < -0.3 is 15.2 Å². The van der Waals surface area contributed by atoms with Crippen molar-refractivity contribution in [3.05, 3.63) is 70.3 Å². The molecule has 11 nitrogen and oxygen atoms in total. The number of benzene rings is 2. The van der Waals surface area contributed by atoms with Gasteiger partial charge in [-0.05, 0) is 50.7 Å². The summed E-state index contributed by atoms with van der Waals surface area (Å²) in [5, 5.41) is 34.4. The second-order valence-corrected chi connectivity index (χ2v) is 13.3. The molecule has 2 rings (SSSR count). The minimum Gasteiger partial charge on any atom is -0.444 e. The van der Waals surface area contributed by atoms with E-state index in [1.807, 2.05) is 30.3 Å². The number of aliphatic hydroxyl groups is 1. The summed E-state index contributed by atoms with van der Waals surface area (Å²) in [6.45, 7) is 8.19. The number of ether oxygens (including phenoxy) is 1. The van der Waals surface area contributed by atoms with Crippen LogP contribution in [0.15, 0.2) is 59.5 Å². The van der Waals surface area contributed by atoms with E-state index in [0.29, 0.717) is 6.42 Å². The zero-order chi connectivity index (χ0) is 30.1. The molecule has 0 radical (unpaired) electrons. The normalized spacial score (nSPS) is 13.8. The molecule has 0 aliphatic carbocycles. The number of nitriles is 1. The van der Waals surface area contributed by atoms with Crippen LogP contribution in [0, 0.1) is 26.9 Å². The summed E-state index contributed by atoms with van der Waals surface area (Å²) < 4.78 is 34.0. The van der Waals surface area contributed by atoms with Gasteiger partial charge in [0.2, 0.25) is 10.0 Å². The monoisotopic (exact) mass is 574 g/mol. The number of sulfonamides is 1. The molecule has 0 saturated heterocycles. The first-order valence-electron chi connectivity index (χ1n) is 12.9. The highest BCUT2D eigenvalue weighted by atomic mass is 32.2. The molecule has 12 heteroatoms. The molecule has 0 aliphatic rings. The van der Waals surface area contributed by atoms with Gasteiger partial charge in [-0.25, -0.2) is 13.2 Å². The molecule has 218 valence electrons. The number of non-ortho nitro benzene ring substituents is 1. The number of nitro benzene ring substituents is 1. The van der Waals surface area contributed by atoms with Gasteiger partial charge in [0.15, 0.2) is 0 Å². The third-order valence-corrected chi connectivity index (χ3v) is 7.85. The van der Waals surface area contributed by atoms with Gasteiger partial charge in [0.05, 0.1) is 28.0 Å². The highest BCUT2D eigenvalue weighted by molar-refractivity contribution is 7.89. The maximum absolute atomic E-state index is 13.8. The van der Waals surface area contributed by atoms with Crippen LogP contribution in [0.2, 0.25) is 0 Å². The van der Waals surface area contributed by atoms with E-state index in [1.165, 1.54) is 18.2 Å². The molecule has 0 saturated carbocycles.